The van der Waals surface area contributed by atoms with E-state index >= 15 is 0 Å². The fourth-order valence-corrected chi connectivity index (χ4v) is 2.74. The van der Waals surface area contributed by atoms with E-state index in [1.165, 1.54) is 18.4 Å². The summed E-state index contributed by atoms with van der Waals surface area (Å²) in [4.78, 5) is 0. The van der Waals surface area contributed by atoms with Crippen molar-refractivity contribution in [2.45, 2.75) is 32.2 Å². The van der Waals surface area contributed by atoms with Gasteiger partial charge in [0.15, 0.2) is 0 Å². The van der Waals surface area contributed by atoms with Crippen LogP contribution in [0.5, 0.6) is 5.75 Å². The maximum absolute atomic E-state index is 6.04. The summed E-state index contributed by atoms with van der Waals surface area (Å²) in [5.74, 6) is 1.75. The van der Waals surface area contributed by atoms with Crippen molar-refractivity contribution in [2.24, 2.45) is 5.92 Å². The molecular weight excluding hydrogens is 234 g/mol. The van der Waals surface area contributed by atoms with Crippen molar-refractivity contribution in [3.05, 3.63) is 28.8 Å². The van der Waals surface area contributed by atoms with E-state index in [1.807, 2.05) is 18.2 Å². The molecule has 3 heteroatoms. The van der Waals surface area contributed by atoms with Gasteiger partial charge in [0.1, 0.15) is 5.75 Å². The number of nitrogens with one attached hydrogen (secondary N) is 1. The highest BCUT2D eigenvalue weighted by atomic mass is 35.5. The molecule has 0 aromatic heterocycles. The van der Waals surface area contributed by atoms with E-state index < -0.39 is 0 Å². The third-order valence-corrected chi connectivity index (χ3v) is 3.70. The molecule has 2 atom stereocenters. The Balaban J connectivity index is 2.08. The molecule has 0 saturated carbocycles. The molecule has 0 spiro atoms. The zero-order valence-corrected chi connectivity index (χ0v) is 11.3. The van der Waals surface area contributed by atoms with E-state index in [2.05, 4.69) is 12.2 Å². The van der Waals surface area contributed by atoms with Gasteiger partial charge in [0.05, 0.1) is 7.11 Å². The summed E-state index contributed by atoms with van der Waals surface area (Å²) in [6.07, 6.45) is 3.51. The van der Waals surface area contributed by atoms with E-state index in [-0.39, 0.29) is 0 Å². The minimum atomic E-state index is 0.547. The summed E-state index contributed by atoms with van der Waals surface area (Å²) in [5.41, 5.74) is 1.20. The third kappa shape index (κ3) is 3.36. The van der Waals surface area contributed by atoms with Crippen LogP contribution in [-0.2, 0) is 6.42 Å². The average Bonchev–Trinajstić information content (AvgIpc) is 2.29. The van der Waals surface area contributed by atoms with Crippen molar-refractivity contribution in [3.8, 4) is 5.75 Å². The van der Waals surface area contributed by atoms with Gasteiger partial charge in [0.2, 0.25) is 0 Å². The first-order chi connectivity index (χ1) is 8.19. The second-order valence-corrected chi connectivity index (χ2v) is 5.38. The first-order valence-corrected chi connectivity index (χ1v) is 6.62. The maximum atomic E-state index is 6.04. The Morgan fingerprint density at radius 3 is 3.00 bits per heavy atom. The van der Waals surface area contributed by atoms with Gasteiger partial charge in [-0.05, 0) is 55.5 Å². The molecule has 17 heavy (non-hydrogen) atoms. The third-order valence-electron chi connectivity index (χ3n) is 3.47. The highest BCUT2D eigenvalue weighted by Gasteiger charge is 2.19. The second-order valence-electron chi connectivity index (χ2n) is 4.94. The molecule has 2 rings (SSSR count). The second kappa shape index (κ2) is 5.74. The quantitative estimate of drug-likeness (QED) is 0.893. The van der Waals surface area contributed by atoms with Gasteiger partial charge in [0, 0.05) is 11.1 Å². The van der Waals surface area contributed by atoms with Crippen molar-refractivity contribution < 1.29 is 4.74 Å². The highest BCUT2D eigenvalue weighted by Crippen LogP contribution is 2.26. The van der Waals surface area contributed by atoms with Crippen molar-refractivity contribution in [2.75, 3.05) is 13.7 Å². The first kappa shape index (κ1) is 12.7. The van der Waals surface area contributed by atoms with Crippen LogP contribution < -0.4 is 10.1 Å². The minimum absolute atomic E-state index is 0.547. The molecule has 0 aliphatic carbocycles. The zero-order valence-electron chi connectivity index (χ0n) is 10.5. The summed E-state index contributed by atoms with van der Waals surface area (Å²) in [6, 6.07) is 6.39. The topological polar surface area (TPSA) is 21.3 Å². The van der Waals surface area contributed by atoms with E-state index in [1.54, 1.807) is 7.11 Å². The average molecular weight is 254 g/mol. The lowest BCUT2D eigenvalue weighted by Crippen LogP contribution is -2.38. The maximum Gasteiger partial charge on any atom is 0.122 e. The molecule has 1 aliphatic heterocycles. The van der Waals surface area contributed by atoms with Gasteiger partial charge in [-0.25, -0.2) is 0 Å². The Morgan fingerprint density at radius 1 is 1.47 bits per heavy atom. The monoisotopic (exact) mass is 253 g/mol. The van der Waals surface area contributed by atoms with Gasteiger partial charge in [-0.2, -0.15) is 0 Å². The van der Waals surface area contributed by atoms with Crippen molar-refractivity contribution >= 4 is 11.6 Å². The summed E-state index contributed by atoms with van der Waals surface area (Å²) >= 11 is 6.04. The Kier molecular flexibility index (Phi) is 4.30. The first-order valence-electron chi connectivity index (χ1n) is 6.25. The molecular formula is C14H20ClNO. The molecule has 0 bridgehead atoms. The number of benzene rings is 1. The number of hydrogen-bond donors (Lipinski definition) is 1. The predicted octanol–water partition coefficient (Wildman–Crippen LogP) is 3.28. The van der Waals surface area contributed by atoms with Crippen LogP contribution in [0.4, 0.5) is 0 Å². The van der Waals surface area contributed by atoms with Crippen molar-refractivity contribution in [1.82, 2.24) is 5.32 Å². The van der Waals surface area contributed by atoms with Gasteiger partial charge < -0.3 is 10.1 Å². The molecule has 1 aromatic carbocycles. The van der Waals surface area contributed by atoms with E-state index in [0.717, 1.165) is 29.7 Å². The molecule has 1 aliphatic rings. The van der Waals surface area contributed by atoms with Crippen LogP contribution >= 0.6 is 11.6 Å². The number of methoxy groups -OCH3 is 1. The van der Waals surface area contributed by atoms with E-state index in [4.69, 9.17) is 16.3 Å². The van der Waals surface area contributed by atoms with Crippen LogP contribution in [0.25, 0.3) is 0 Å². The summed E-state index contributed by atoms with van der Waals surface area (Å²) in [5, 5.41) is 4.35. The van der Waals surface area contributed by atoms with Crippen LogP contribution in [0, 0.1) is 5.92 Å². The number of halogens is 1. The molecule has 2 unspecified atom stereocenters. The molecule has 2 nitrogen and oxygen atoms in total. The number of rotatable bonds is 3. The number of hydrogen-bond acceptors (Lipinski definition) is 2. The van der Waals surface area contributed by atoms with Crippen LogP contribution in [0.2, 0.25) is 5.02 Å². The minimum Gasteiger partial charge on any atom is -0.496 e. The largest absolute Gasteiger partial charge is 0.496 e. The molecule has 0 radical (unpaired) electrons. The molecule has 0 amide bonds. The zero-order chi connectivity index (χ0) is 12.3. The summed E-state index contributed by atoms with van der Waals surface area (Å²) in [6.45, 7) is 3.44. The molecule has 1 saturated heterocycles. The van der Waals surface area contributed by atoms with Gasteiger partial charge in [-0.3, -0.25) is 0 Å². The Hall–Kier alpha value is -0.730. The summed E-state index contributed by atoms with van der Waals surface area (Å²) < 4.78 is 5.38. The fourth-order valence-electron chi connectivity index (χ4n) is 2.55. The smallest absolute Gasteiger partial charge is 0.122 e. The standard InChI is InChI=1S/C14H20ClNO/c1-10-5-6-16-13(7-10)9-11-8-12(15)3-4-14(11)17-2/h3-4,8,10,13,16H,5-7,9H2,1-2H3. The number of piperidine rings is 1. The van der Waals surface area contributed by atoms with Gasteiger partial charge in [-0.1, -0.05) is 18.5 Å². The highest BCUT2D eigenvalue weighted by molar-refractivity contribution is 6.30. The Morgan fingerprint density at radius 2 is 2.29 bits per heavy atom. The van der Waals surface area contributed by atoms with Crippen LogP contribution in [0.3, 0.4) is 0 Å². The molecule has 1 heterocycles. The molecule has 1 aromatic rings. The van der Waals surface area contributed by atoms with Crippen LogP contribution in [0.15, 0.2) is 18.2 Å². The van der Waals surface area contributed by atoms with Crippen LogP contribution in [-0.4, -0.2) is 19.7 Å². The molecule has 1 fully saturated rings. The lowest BCUT2D eigenvalue weighted by molar-refractivity contribution is 0.315. The van der Waals surface area contributed by atoms with E-state index in [0.29, 0.717) is 6.04 Å². The lowest BCUT2D eigenvalue weighted by Gasteiger charge is -2.28. The summed E-state index contributed by atoms with van der Waals surface area (Å²) in [7, 11) is 1.71. The number of ether oxygens (including phenoxy) is 1. The Bertz CT molecular complexity index is 380. The fraction of sp³-hybridized carbons (Fsp3) is 0.571. The van der Waals surface area contributed by atoms with E-state index in [9.17, 15) is 0 Å². The van der Waals surface area contributed by atoms with Crippen molar-refractivity contribution in [1.29, 1.82) is 0 Å². The molecule has 94 valence electrons. The van der Waals surface area contributed by atoms with Gasteiger partial charge in [-0.15, -0.1) is 0 Å². The molecule has 1 N–H and O–H groups in total. The lowest BCUT2D eigenvalue weighted by atomic mass is 9.90. The van der Waals surface area contributed by atoms with Gasteiger partial charge in [0.25, 0.3) is 0 Å². The predicted molar refractivity (Wildman–Crippen MR) is 71.9 cm³/mol. The normalized spacial score (nSPS) is 24.6. The van der Waals surface area contributed by atoms with Gasteiger partial charge >= 0.3 is 0 Å². The SMILES string of the molecule is COc1ccc(Cl)cc1CC1CC(C)CCN1. The van der Waals surface area contributed by atoms with Crippen LogP contribution in [0.1, 0.15) is 25.3 Å². The Labute approximate surface area is 108 Å². The van der Waals surface area contributed by atoms with Crippen molar-refractivity contribution in [3.63, 3.8) is 0 Å².